The highest BCUT2D eigenvalue weighted by atomic mass is 35.5. The maximum Gasteiger partial charge on any atom is 0.0730 e. The predicted molar refractivity (Wildman–Crippen MR) is 106 cm³/mol. The van der Waals surface area contributed by atoms with Crippen LogP contribution in [-0.4, -0.2) is 4.98 Å². The zero-order valence-corrected chi connectivity index (χ0v) is 14.5. The van der Waals surface area contributed by atoms with E-state index in [1.807, 2.05) is 12.1 Å². The van der Waals surface area contributed by atoms with Gasteiger partial charge in [-0.1, -0.05) is 42.5 Å². The van der Waals surface area contributed by atoms with Crippen LogP contribution in [0.25, 0.3) is 21.8 Å². The third-order valence-electron chi connectivity index (χ3n) is 4.36. The molecule has 3 aromatic carbocycles. The lowest BCUT2D eigenvalue weighted by Crippen LogP contribution is -1.96. The molecule has 0 bridgehead atoms. The molecule has 4 rings (SSSR count). The largest absolute Gasteiger partial charge is 0.354 e. The monoisotopic (exact) mass is 334 g/mol. The molecule has 0 aliphatic rings. The Morgan fingerprint density at radius 1 is 0.708 bits per heavy atom. The lowest BCUT2D eigenvalue weighted by Gasteiger charge is -2.14. The molecular weight excluding hydrogens is 316 g/mol. The SMILES string of the molecule is Cc1ccc(Nc2c3ccccc3nc3ccccc23)cc1C.Cl. The van der Waals surface area contributed by atoms with Crippen LogP contribution < -0.4 is 5.32 Å². The molecule has 120 valence electrons. The Balaban J connectivity index is 0.00000169. The fourth-order valence-corrected chi connectivity index (χ4v) is 2.94. The van der Waals surface area contributed by atoms with E-state index in [0.717, 1.165) is 33.2 Å². The number of benzene rings is 3. The van der Waals surface area contributed by atoms with Crippen LogP contribution in [0.3, 0.4) is 0 Å². The number of halogens is 1. The zero-order valence-electron chi connectivity index (χ0n) is 13.7. The van der Waals surface area contributed by atoms with E-state index in [0.29, 0.717) is 0 Å². The fraction of sp³-hybridized carbons (Fsp3) is 0.0952. The molecule has 0 saturated heterocycles. The third kappa shape index (κ3) is 2.81. The van der Waals surface area contributed by atoms with E-state index in [2.05, 4.69) is 73.8 Å². The van der Waals surface area contributed by atoms with Gasteiger partial charge in [0.05, 0.1) is 16.7 Å². The summed E-state index contributed by atoms with van der Waals surface area (Å²) in [6.07, 6.45) is 0. The molecule has 0 atom stereocenters. The first-order valence-corrected chi connectivity index (χ1v) is 7.84. The number of aromatic nitrogens is 1. The molecular formula is C21H19ClN2. The van der Waals surface area contributed by atoms with E-state index in [1.54, 1.807) is 0 Å². The average Bonchev–Trinajstić information content (AvgIpc) is 2.58. The number of fused-ring (bicyclic) bond motifs is 2. The van der Waals surface area contributed by atoms with Crippen molar-refractivity contribution in [1.82, 2.24) is 4.98 Å². The van der Waals surface area contributed by atoms with Gasteiger partial charge in [0.25, 0.3) is 0 Å². The van der Waals surface area contributed by atoms with Crippen molar-refractivity contribution in [3.05, 3.63) is 77.9 Å². The van der Waals surface area contributed by atoms with Gasteiger partial charge in [0, 0.05) is 16.5 Å². The Labute approximate surface area is 148 Å². The minimum Gasteiger partial charge on any atom is -0.354 e. The molecule has 0 aliphatic carbocycles. The van der Waals surface area contributed by atoms with Crippen LogP contribution in [0.2, 0.25) is 0 Å². The van der Waals surface area contributed by atoms with Gasteiger partial charge in [0.2, 0.25) is 0 Å². The van der Waals surface area contributed by atoms with Gasteiger partial charge in [0.1, 0.15) is 0 Å². The maximum absolute atomic E-state index is 4.77. The predicted octanol–water partition coefficient (Wildman–Crippen LogP) is 6.17. The van der Waals surface area contributed by atoms with Gasteiger partial charge in [0.15, 0.2) is 0 Å². The number of aryl methyl sites for hydroxylation is 2. The Morgan fingerprint density at radius 3 is 1.88 bits per heavy atom. The maximum atomic E-state index is 4.77. The van der Waals surface area contributed by atoms with Crippen LogP contribution in [-0.2, 0) is 0 Å². The number of anilines is 2. The number of nitrogens with one attached hydrogen (secondary N) is 1. The molecule has 1 N–H and O–H groups in total. The number of nitrogens with zero attached hydrogens (tertiary/aromatic N) is 1. The first-order chi connectivity index (χ1) is 11.2. The first kappa shape index (κ1) is 16.3. The molecule has 0 amide bonds. The summed E-state index contributed by atoms with van der Waals surface area (Å²) >= 11 is 0. The van der Waals surface area contributed by atoms with Crippen molar-refractivity contribution >= 4 is 45.6 Å². The highest BCUT2D eigenvalue weighted by molar-refractivity contribution is 6.08. The van der Waals surface area contributed by atoms with Crippen LogP contribution in [0.5, 0.6) is 0 Å². The minimum atomic E-state index is 0. The summed E-state index contributed by atoms with van der Waals surface area (Å²) in [5.74, 6) is 0. The van der Waals surface area contributed by atoms with E-state index in [-0.39, 0.29) is 12.4 Å². The van der Waals surface area contributed by atoms with Crippen LogP contribution in [0, 0.1) is 13.8 Å². The Kier molecular flexibility index (Phi) is 4.41. The summed E-state index contributed by atoms with van der Waals surface area (Å²) in [6, 6.07) is 23.0. The summed E-state index contributed by atoms with van der Waals surface area (Å²) in [6.45, 7) is 4.28. The third-order valence-corrected chi connectivity index (χ3v) is 4.36. The fourth-order valence-electron chi connectivity index (χ4n) is 2.94. The molecule has 0 fully saturated rings. The molecule has 2 nitrogen and oxygen atoms in total. The summed E-state index contributed by atoms with van der Waals surface area (Å²) in [5.41, 5.74) is 6.84. The standard InChI is InChI=1S/C21H18N2.ClH/c1-14-11-12-16(13-15(14)2)22-21-17-7-3-5-9-19(17)23-20-10-6-4-8-18(20)21;/h3-13H,1-2H3,(H,22,23);1H. The number of hydrogen-bond donors (Lipinski definition) is 1. The van der Waals surface area contributed by atoms with Gasteiger partial charge in [-0.25, -0.2) is 4.98 Å². The van der Waals surface area contributed by atoms with Crippen LogP contribution >= 0.6 is 12.4 Å². The van der Waals surface area contributed by atoms with Crippen molar-refractivity contribution in [1.29, 1.82) is 0 Å². The second kappa shape index (κ2) is 6.50. The number of hydrogen-bond acceptors (Lipinski definition) is 2. The van der Waals surface area contributed by atoms with E-state index in [1.165, 1.54) is 11.1 Å². The van der Waals surface area contributed by atoms with Gasteiger partial charge in [-0.05, 0) is 49.2 Å². The molecule has 4 aromatic rings. The smallest absolute Gasteiger partial charge is 0.0730 e. The van der Waals surface area contributed by atoms with Crippen LogP contribution in [0.1, 0.15) is 11.1 Å². The summed E-state index contributed by atoms with van der Waals surface area (Å²) in [7, 11) is 0. The van der Waals surface area contributed by atoms with Crippen LogP contribution in [0.4, 0.5) is 11.4 Å². The number of pyridine rings is 1. The molecule has 24 heavy (non-hydrogen) atoms. The number of para-hydroxylation sites is 2. The van der Waals surface area contributed by atoms with E-state index >= 15 is 0 Å². The van der Waals surface area contributed by atoms with Crippen molar-refractivity contribution in [3.8, 4) is 0 Å². The van der Waals surface area contributed by atoms with Crippen molar-refractivity contribution < 1.29 is 0 Å². The lowest BCUT2D eigenvalue weighted by atomic mass is 10.1. The molecule has 0 saturated carbocycles. The van der Waals surface area contributed by atoms with Gasteiger partial charge in [-0.3, -0.25) is 0 Å². The lowest BCUT2D eigenvalue weighted by molar-refractivity contribution is 1.34. The normalized spacial score (nSPS) is 10.6. The van der Waals surface area contributed by atoms with Crippen molar-refractivity contribution in [2.75, 3.05) is 5.32 Å². The van der Waals surface area contributed by atoms with Crippen molar-refractivity contribution in [2.45, 2.75) is 13.8 Å². The highest BCUT2D eigenvalue weighted by Gasteiger charge is 2.09. The molecule has 1 aromatic heterocycles. The molecule has 1 heterocycles. The van der Waals surface area contributed by atoms with Gasteiger partial charge in [-0.15, -0.1) is 12.4 Å². The van der Waals surface area contributed by atoms with Gasteiger partial charge >= 0.3 is 0 Å². The van der Waals surface area contributed by atoms with Gasteiger partial charge in [-0.2, -0.15) is 0 Å². The minimum absolute atomic E-state index is 0. The Bertz CT molecular complexity index is 971. The Morgan fingerprint density at radius 2 is 1.29 bits per heavy atom. The van der Waals surface area contributed by atoms with E-state index in [4.69, 9.17) is 4.98 Å². The summed E-state index contributed by atoms with van der Waals surface area (Å²) in [5, 5.41) is 5.90. The van der Waals surface area contributed by atoms with Crippen LogP contribution in [0.15, 0.2) is 66.7 Å². The second-order valence-electron chi connectivity index (χ2n) is 5.95. The average molecular weight is 335 g/mol. The molecule has 0 unspecified atom stereocenters. The topological polar surface area (TPSA) is 24.9 Å². The molecule has 0 spiro atoms. The highest BCUT2D eigenvalue weighted by Crippen LogP contribution is 2.33. The molecule has 3 heteroatoms. The Hall–Kier alpha value is -2.58. The van der Waals surface area contributed by atoms with Crippen molar-refractivity contribution in [2.24, 2.45) is 0 Å². The van der Waals surface area contributed by atoms with E-state index in [9.17, 15) is 0 Å². The quantitative estimate of drug-likeness (QED) is 0.443. The van der Waals surface area contributed by atoms with Crippen molar-refractivity contribution in [3.63, 3.8) is 0 Å². The molecule has 0 aliphatic heterocycles. The molecule has 0 radical (unpaired) electrons. The van der Waals surface area contributed by atoms with E-state index < -0.39 is 0 Å². The second-order valence-corrected chi connectivity index (χ2v) is 5.95. The summed E-state index contributed by atoms with van der Waals surface area (Å²) in [4.78, 5) is 4.77. The zero-order chi connectivity index (χ0) is 15.8. The first-order valence-electron chi connectivity index (χ1n) is 7.84. The summed E-state index contributed by atoms with van der Waals surface area (Å²) < 4.78 is 0. The number of rotatable bonds is 2. The van der Waals surface area contributed by atoms with Gasteiger partial charge < -0.3 is 5.32 Å².